The first kappa shape index (κ1) is 25.6. The second kappa shape index (κ2) is 11.0. The van der Waals surface area contributed by atoms with Gasteiger partial charge in [0, 0.05) is 53.9 Å². The van der Waals surface area contributed by atoms with Gasteiger partial charge in [-0.15, -0.1) is 0 Å². The minimum Gasteiger partial charge on any atom is -0.507 e. The van der Waals surface area contributed by atoms with Crippen molar-refractivity contribution in [3.8, 4) is 5.75 Å². The number of phenolic OH excluding ortho intramolecular Hbond substituents is 1. The molecule has 0 spiro atoms. The van der Waals surface area contributed by atoms with E-state index in [0.717, 1.165) is 26.2 Å². The molecule has 2 aliphatic rings. The van der Waals surface area contributed by atoms with Gasteiger partial charge >= 0.3 is 0 Å². The van der Waals surface area contributed by atoms with E-state index in [4.69, 9.17) is 17.2 Å². The van der Waals surface area contributed by atoms with E-state index in [9.17, 15) is 5.11 Å². The SMILES string of the molecule is CC1CN(C(/C=C(\N)c2ccccc2O)=C(N)N)CC(C)N1c1cccc(NC2CCN(C)CC2)c1. The summed E-state index contributed by atoms with van der Waals surface area (Å²) in [6.45, 7) is 8.20. The van der Waals surface area contributed by atoms with E-state index in [1.807, 2.05) is 6.07 Å². The number of nitrogens with two attached hydrogens (primary N) is 3. The Kier molecular flexibility index (Phi) is 7.84. The lowest BCUT2D eigenvalue weighted by molar-refractivity contribution is 0.251. The summed E-state index contributed by atoms with van der Waals surface area (Å²) in [5.74, 6) is 0.340. The van der Waals surface area contributed by atoms with Crippen LogP contribution in [0.1, 0.15) is 32.3 Å². The average molecular weight is 492 g/mol. The molecule has 2 atom stereocenters. The van der Waals surface area contributed by atoms with Gasteiger partial charge in [-0.25, -0.2) is 0 Å². The quantitative estimate of drug-likeness (QED) is 0.391. The van der Waals surface area contributed by atoms with Crippen molar-refractivity contribution in [2.75, 3.05) is 43.4 Å². The van der Waals surface area contributed by atoms with Crippen LogP contribution in [0.15, 0.2) is 66.1 Å². The minimum absolute atomic E-state index is 0.126. The molecule has 8 nitrogen and oxygen atoms in total. The van der Waals surface area contributed by atoms with Gasteiger partial charge in [0.25, 0.3) is 0 Å². The smallest absolute Gasteiger partial charge is 0.124 e. The van der Waals surface area contributed by atoms with Crippen molar-refractivity contribution < 1.29 is 5.11 Å². The number of para-hydroxylation sites is 1. The standard InChI is InChI=1S/C28H41N7O/c1-19-17-34(26(28(30)31)16-25(29)24-9-4-5-10-27(24)36)18-20(2)35(19)23-8-6-7-22(15-23)32-21-11-13-33(3)14-12-21/h4-10,15-16,19-21,32,36H,11-14,17-18,29-31H2,1-3H3/b25-16-. The molecule has 0 bridgehead atoms. The highest BCUT2D eigenvalue weighted by molar-refractivity contribution is 5.70. The number of likely N-dealkylation sites (tertiary alicyclic amines) is 1. The second-order valence-corrected chi connectivity index (χ2v) is 10.2. The predicted molar refractivity (Wildman–Crippen MR) is 149 cm³/mol. The first-order valence-electron chi connectivity index (χ1n) is 12.8. The molecule has 2 aromatic rings. The van der Waals surface area contributed by atoms with Crippen LogP contribution in [-0.2, 0) is 0 Å². The van der Waals surface area contributed by atoms with Crippen LogP contribution in [0.25, 0.3) is 5.70 Å². The molecule has 0 aromatic heterocycles. The van der Waals surface area contributed by atoms with E-state index in [1.165, 1.54) is 24.2 Å². The van der Waals surface area contributed by atoms with Crippen LogP contribution < -0.4 is 27.4 Å². The number of nitrogens with one attached hydrogen (secondary N) is 1. The molecule has 2 saturated heterocycles. The Bertz CT molecular complexity index is 1090. The third-order valence-corrected chi connectivity index (χ3v) is 7.30. The number of anilines is 2. The molecule has 36 heavy (non-hydrogen) atoms. The molecule has 2 unspecified atom stereocenters. The molecule has 2 aromatic carbocycles. The topological polar surface area (TPSA) is 120 Å². The molecule has 0 radical (unpaired) electrons. The van der Waals surface area contributed by atoms with Crippen LogP contribution in [0.4, 0.5) is 11.4 Å². The maximum atomic E-state index is 10.2. The normalized spacial score (nSPS) is 21.9. The Labute approximate surface area is 215 Å². The highest BCUT2D eigenvalue weighted by Crippen LogP contribution is 2.30. The lowest BCUT2D eigenvalue weighted by Gasteiger charge is -2.47. The Morgan fingerprint density at radius 3 is 2.28 bits per heavy atom. The first-order chi connectivity index (χ1) is 17.2. The third-order valence-electron chi connectivity index (χ3n) is 7.30. The van der Waals surface area contributed by atoms with Gasteiger partial charge in [0.1, 0.15) is 11.6 Å². The summed E-state index contributed by atoms with van der Waals surface area (Å²) in [5, 5.41) is 13.9. The maximum Gasteiger partial charge on any atom is 0.124 e. The molecule has 2 fully saturated rings. The van der Waals surface area contributed by atoms with E-state index in [-0.39, 0.29) is 23.7 Å². The highest BCUT2D eigenvalue weighted by Gasteiger charge is 2.31. The number of nitrogens with zero attached hydrogens (tertiary/aromatic N) is 3. The summed E-state index contributed by atoms with van der Waals surface area (Å²) in [6, 6.07) is 16.7. The highest BCUT2D eigenvalue weighted by atomic mass is 16.3. The third kappa shape index (κ3) is 5.82. The summed E-state index contributed by atoms with van der Waals surface area (Å²) < 4.78 is 0. The van der Waals surface area contributed by atoms with E-state index in [0.29, 0.717) is 23.0 Å². The van der Waals surface area contributed by atoms with Crippen molar-refractivity contribution >= 4 is 17.1 Å². The number of hydrogen-bond acceptors (Lipinski definition) is 8. The van der Waals surface area contributed by atoms with Crippen molar-refractivity contribution in [1.82, 2.24) is 9.80 Å². The van der Waals surface area contributed by atoms with E-state index in [1.54, 1.807) is 24.3 Å². The van der Waals surface area contributed by atoms with E-state index >= 15 is 0 Å². The zero-order chi connectivity index (χ0) is 25.8. The summed E-state index contributed by atoms with van der Waals surface area (Å²) in [6.07, 6.45) is 4.10. The zero-order valence-electron chi connectivity index (χ0n) is 21.7. The molecule has 8 heteroatoms. The van der Waals surface area contributed by atoms with Crippen LogP contribution in [-0.4, -0.2) is 66.3 Å². The predicted octanol–water partition coefficient (Wildman–Crippen LogP) is 2.88. The van der Waals surface area contributed by atoms with Crippen molar-refractivity contribution in [2.24, 2.45) is 17.2 Å². The van der Waals surface area contributed by atoms with E-state index < -0.39 is 0 Å². The van der Waals surface area contributed by atoms with Gasteiger partial charge < -0.3 is 42.3 Å². The number of aromatic hydroxyl groups is 1. The van der Waals surface area contributed by atoms with Gasteiger partial charge in [0.15, 0.2) is 0 Å². The number of piperazine rings is 1. The fourth-order valence-electron chi connectivity index (χ4n) is 5.47. The van der Waals surface area contributed by atoms with E-state index in [2.05, 4.69) is 65.2 Å². The van der Waals surface area contributed by atoms with Crippen molar-refractivity contribution in [1.29, 1.82) is 0 Å². The first-order valence-corrected chi connectivity index (χ1v) is 12.8. The number of phenols is 1. The zero-order valence-corrected chi connectivity index (χ0v) is 21.7. The maximum absolute atomic E-state index is 10.2. The molecule has 8 N–H and O–H groups in total. The van der Waals surface area contributed by atoms with Crippen molar-refractivity contribution in [3.63, 3.8) is 0 Å². The van der Waals surface area contributed by atoms with Crippen LogP contribution in [0.5, 0.6) is 5.75 Å². The molecule has 2 heterocycles. The van der Waals surface area contributed by atoms with Gasteiger partial charge in [-0.3, -0.25) is 0 Å². The molecule has 2 aliphatic heterocycles. The van der Waals surface area contributed by atoms with Gasteiger partial charge in [-0.05, 0) is 83.2 Å². The lowest BCUT2D eigenvalue weighted by Crippen LogP contribution is -2.56. The average Bonchev–Trinajstić information content (AvgIpc) is 2.84. The minimum atomic E-state index is 0.126. The summed E-state index contributed by atoms with van der Waals surface area (Å²) in [5.41, 5.74) is 22.6. The molecular weight excluding hydrogens is 450 g/mol. The molecule has 0 saturated carbocycles. The number of piperidine rings is 1. The molecule has 0 amide bonds. The fourth-order valence-corrected chi connectivity index (χ4v) is 5.47. The Balaban J connectivity index is 1.49. The van der Waals surface area contributed by atoms with Gasteiger partial charge in [-0.1, -0.05) is 18.2 Å². The Morgan fingerprint density at radius 1 is 0.972 bits per heavy atom. The van der Waals surface area contributed by atoms with Crippen LogP contribution in [0.3, 0.4) is 0 Å². The monoisotopic (exact) mass is 491 g/mol. The Morgan fingerprint density at radius 2 is 1.64 bits per heavy atom. The molecular formula is C28H41N7O. The fraction of sp³-hybridized carbons (Fsp3) is 0.429. The van der Waals surface area contributed by atoms with Gasteiger partial charge in [0.05, 0.1) is 5.70 Å². The van der Waals surface area contributed by atoms with Gasteiger partial charge in [-0.2, -0.15) is 0 Å². The second-order valence-electron chi connectivity index (χ2n) is 10.2. The largest absolute Gasteiger partial charge is 0.507 e. The molecule has 4 rings (SSSR count). The number of hydrogen-bond donors (Lipinski definition) is 5. The molecule has 194 valence electrons. The summed E-state index contributed by atoms with van der Waals surface area (Å²) >= 11 is 0. The van der Waals surface area contributed by atoms with Crippen molar-refractivity contribution in [2.45, 2.75) is 44.8 Å². The van der Waals surface area contributed by atoms with Gasteiger partial charge in [0.2, 0.25) is 0 Å². The summed E-state index contributed by atoms with van der Waals surface area (Å²) in [7, 11) is 2.19. The number of rotatable bonds is 6. The van der Waals surface area contributed by atoms with Crippen LogP contribution >= 0.6 is 0 Å². The van der Waals surface area contributed by atoms with Crippen LogP contribution in [0, 0.1) is 0 Å². The van der Waals surface area contributed by atoms with Crippen molar-refractivity contribution in [3.05, 3.63) is 71.7 Å². The lowest BCUT2D eigenvalue weighted by atomic mass is 10.0. The molecule has 0 aliphatic carbocycles. The van der Waals surface area contributed by atoms with Crippen LogP contribution in [0.2, 0.25) is 0 Å². The number of allylic oxidation sites excluding steroid dienone is 1. The Hall–Kier alpha value is -3.52. The summed E-state index contributed by atoms with van der Waals surface area (Å²) in [4.78, 5) is 7.05. The number of benzene rings is 2.